The van der Waals surface area contributed by atoms with Crippen LogP contribution in [0.15, 0.2) is 42.5 Å². The number of aryl methyl sites for hydroxylation is 2. The first kappa shape index (κ1) is 22.8. The van der Waals surface area contributed by atoms with E-state index in [1.165, 1.54) is 5.56 Å². The first-order valence-corrected chi connectivity index (χ1v) is 10.5. The molecular formula is C25H32N2O4. The highest BCUT2D eigenvalue weighted by Crippen LogP contribution is 2.30. The molecule has 166 valence electrons. The standard InChI is InChI=1S/C25H32N2O4/c1-16-7-9-18(10-8-16)25(6)22(29)27(23(30)26-25)14-20(28)15-31-21-12-11-19(13-17(21)2)24(3,4)5/h7-13,20,28H,14-15H2,1-6H3,(H,26,30). The molecule has 1 heterocycles. The number of nitrogens with zero attached hydrogens (tertiary/aromatic N) is 1. The van der Waals surface area contributed by atoms with Gasteiger partial charge >= 0.3 is 6.03 Å². The van der Waals surface area contributed by atoms with Crippen molar-refractivity contribution in [2.45, 2.75) is 58.6 Å². The normalized spacial score (nSPS) is 20.0. The van der Waals surface area contributed by atoms with E-state index in [4.69, 9.17) is 4.74 Å². The molecule has 6 heteroatoms. The molecule has 0 aromatic heterocycles. The maximum atomic E-state index is 13.0. The topological polar surface area (TPSA) is 78.9 Å². The number of hydrogen-bond donors (Lipinski definition) is 2. The second kappa shape index (κ2) is 8.35. The van der Waals surface area contributed by atoms with E-state index in [0.717, 1.165) is 16.0 Å². The van der Waals surface area contributed by atoms with Crippen LogP contribution in [0.25, 0.3) is 0 Å². The number of aliphatic hydroxyl groups is 1. The predicted molar refractivity (Wildman–Crippen MR) is 120 cm³/mol. The van der Waals surface area contributed by atoms with Crippen LogP contribution in [0.5, 0.6) is 5.75 Å². The molecule has 0 spiro atoms. The Balaban J connectivity index is 1.64. The van der Waals surface area contributed by atoms with Gasteiger partial charge in [-0.1, -0.05) is 62.7 Å². The summed E-state index contributed by atoms with van der Waals surface area (Å²) in [7, 11) is 0. The summed E-state index contributed by atoms with van der Waals surface area (Å²) in [5, 5.41) is 13.2. The lowest BCUT2D eigenvalue weighted by Crippen LogP contribution is -2.42. The molecule has 2 aromatic carbocycles. The third-order valence-corrected chi connectivity index (χ3v) is 5.77. The number of carbonyl (C=O) groups is 2. The van der Waals surface area contributed by atoms with E-state index >= 15 is 0 Å². The summed E-state index contributed by atoms with van der Waals surface area (Å²) in [6.45, 7) is 11.9. The van der Waals surface area contributed by atoms with E-state index in [-0.39, 0.29) is 24.5 Å². The number of amides is 3. The highest BCUT2D eigenvalue weighted by atomic mass is 16.5. The van der Waals surface area contributed by atoms with Crippen molar-refractivity contribution in [3.63, 3.8) is 0 Å². The van der Waals surface area contributed by atoms with Gasteiger partial charge in [-0.05, 0) is 48.9 Å². The summed E-state index contributed by atoms with van der Waals surface area (Å²) in [5.74, 6) is 0.292. The van der Waals surface area contributed by atoms with E-state index in [9.17, 15) is 14.7 Å². The fraction of sp³-hybridized carbons (Fsp3) is 0.440. The summed E-state index contributed by atoms with van der Waals surface area (Å²) >= 11 is 0. The molecule has 1 saturated heterocycles. The molecule has 0 bridgehead atoms. The van der Waals surface area contributed by atoms with Gasteiger partial charge in [-0.25, -0.2) is 4.79 Å². The third kappa shape index (κ3) is 4.74. The largest absolute Gasteiger partial charge is 0.491 e. The molecule has 3 rings (SSSR count). The summed E-state index contributed by atoms with van der Waals surface area (Å²) in [4.78, 5) is 26.5. The van der Waals surface area contributed by atoms with Crippen LogP contribution in [-0.2, 0) is 15.7 Å². The number of carbonyl (C=O) groups excluding carboxylic acids is 2. The molecule has 0 radical (unpaired) electrons. The number of hydrogen-bond acceptors (Lipinski definition) is 4. The Hall–Kier alpha value is -2.86. The quantitative estimate of drug-likeness (QED) is 0.691. The molecular weight excluding hydrogens is 392 g/mol. The summed E-state index contributed by atoms with van der Waals surface area (Å²) in [6, 6.07) is 12.9. The molecule has 3 amide bonds. The molecule has 1 fully saturated rings. The van der Waals surface area contributed by atoms with Crippen molar-refractivity contribution in [1.82, 2.24) is 10.2 Å². The first-order chi connectivity index (χ1) is 14.4. The predicted octanol–water partition coefficient (Wildman–Crippen LogP) is 3.81. The molecule has 6 nitrogen and oxygen atoms in total. The van der Waals surface area contributed by atoms with E-state index in [0.29, 0.717) is 11.3 Å². The fourth-order valence-corrected chi connectivity index (χ4v) is 3.67. The van der Waals surface area contributed by atoms with E-state index in [1.54, 1.807) is 6.92 Å². The number of nitrogens with one attached hydrogen (secondary N) is 1. The van der Waals surface area contributed by atoms with Crippen molar-refractivity contribution in [3.05, 3.63) is 64.7 Å². The molecule has 0 aliphatic carbocycles. The van der Waals surface area contributed by atoms with E-state index in [2.05, 4.69) is 32.2 Å². The van der Waals surface area contributed by atoms with Gasteiger partial charge in [0.05, 0.1) is 6.54 Å². The molecule has 0 saturated carbocycles. The molecule has 1 aliphatic heterocycles. The number of ether oxygens (including phenoxy) is 1. The van der Waals surface area contributed by atoms with E-state index < -0.39 is 17.7 Å². The minimum absolute atomic E-state index is 0.0198. The van der Waals surface area contributed by atoms with Gasteiger partial charge in [-0.3, -0.25) is 9.69 Å². The number of urea groups is 1. The van der Waals surface area contributed by atoms with Crippen molar-refractivity contribution in [2.75, 3.05) is 13.2 Å². The molecule has 2 aromatic rings. The number of rotatable bonds is 6. The Bertz CT molecular complexity index is 978. The number of β-amino-alcohol motifs (C(OH)–C–C–N with tert-alkyl or cyclic N) is 1. The summed E-state index contributed by atoms with van der Waals surface area (Å²) in [5.41, 5.74) is 2.84. The highest BCUT2D eigenvalue weighted by molar-refractivity contribution is 6.07. The van der Waals surface area contributed by atoms with Gasteiger partial charge in [-0.2, -0.15) is 0 Å². The van der Waals surface area contributed by atoms with Crippen molar-refractivity contribution in [3.8, 4) is 5.75 Å². The van der Waals surface area contributed by atoms with Gasteiger partial charge in [-0.15, -0.1) is 0 Å². The second-order valence-electron chi connectivity index (χ2n) is 9.53. The van der Waals surface area contributed by atoms with Crippen LogP contribution < -0.4 is 10.1 Å². The summed E-state index contributed by atoms with van der Waals surface area (Å²) < 4.78 is 5.78. The molecule has 2 unspecified atom stereocenters. The Labute approximate surface area is 184 Å². The minimum Gasteiger partial charge on any atom is -0.491 e. The first-order valence-electron chi connectivity index (χ1n) is 10.5. The zero-order valence-electron chi connectivity index (χ0n) is 19.2. The lowest BCUT2D eigenvalue weighted by Gasteiger charge is -2.23. The summed E-state index contributed by atoms with van der Waals surface area (Å²) in [6.07, 6.45) is -1.00. The molecule has 2 atom stereocenters. The molecule has 2 N–H and O–H groups in total. The zero-order valence-corrected chi connectivity index (χ0v) is 19.2. The fourth-order valence-electron chi connectivity index (χ4n) is 3.67. The van der Waals surface area contributed by atoms with Crippen LogP contribution in [0.3, 0.4) is 0 Å². The highest BCUT2D eigenvalue weighted by Gasteiger charge is 2.49. The number of benzene rings is 2. The van der Waals surface area contributed by atoms with Gasteiger partial charge in [0.2, 0.25) is 0 Å². The maximum Gasteiger partial charge on any atom is 0.325 e. The van der Waals surface area contributed by atoms with Gasteiger partial charge in [0.15, 0.2) is 0 Å². The molecule has 31 heavy (non-hydrogen) atoms. The van der Waals surface area contributed by atoms with Gasteiger partial charge in [0.25, 0.3) is 5.91 Å². The average Bonchev–Trinajstić information content (AvgIpc) is 2.90. The Morgan fingerprint density at radius 2 is 1.74 bits per heavy atom. The lowest BCUT2D eigenvalue weighted by molar-refractivity contribution is -0.132. The van der Waals surface area contributed by atoms with Crippen molar-refractivity contribution >= 4 is 11.9 Å². The van der Waals surface area contributed by atoms with Crippen LogP contribution >= 0.6 is 0 Å². The SMILES string of the molecule is Cc1ccc(C2(C)NC(=O)N(CC(O)COc3ccc(C(C)(C)C)cc3C)C2=O)cc1. The monoisotopic (exact) mass is 424 g/mol. The van der Waals surface area contributed by atoms with Crippen LogP contribution in [0.2, 0.25) is 0 Å². The minimum atomic E-state index is -1.15. The van der Waals surface area contributed by atoms with Crippen LogP contribution in [0.4, 0.5) is 4.79 Å². The Morgan fingerprint density at radius 1 is 1.10 bits per heavy atom. The van der Waals surface area contributed by atoms with Gasteiger partial charge in [0.1, 0.15) is 24.0 Å². The van der Waals surface area contributed by atoms with E-state index in [1.807, 2.05) is 50.2 Å². The maximum absolute atomic E-state index is 13.0. The van der Waals surface area contributed by atoms with Gasteiger partial charge in [0, 0.05) is 0 Å². The molecule has 1 aliphatic rings. The lowest BCUT2D eigenvalue weighted by atomic mass is 9.86. The van der Waals surface area contributed by atoms with Crippen molar-refractivity contribution in [1.29, 1.82) is 0 Å². The Morgan fingerprint density at radius 3 is 2.32 bits per heavy atom. The van der Waals surface area contributed by atoms with Crippen LogP contribution in [-0.4, -0.2) is 41.2 Å². The number of imide groups is 1. The van der Waals surface area contributed by atoms with Crippen molar-refractivity contribution < 1.29 is 19.4 Å². The average molecular weight is 425 g/mol. The zero-order chi connectivity index (χ0) is 23.0. The Kier molecular flexibility index (Phi) is 6.14. The van der Waals surface area contributed by atoms with Crippen molar-refractivity contribution in [2.24, 2.45) is 0 Å². The van der Waals surface area contributed by atoms with Crippen LogP contribution in [0, 0.1) is 13.8 Å². The van der Waals surface area contributed by atoms with Gasteiger partial charge < -0.3 is 15.2 Å². The second-order valence-corrected chi connectivity index (χ2v) is 9.53. The third-order valence-electron chi connectivity index (χ3n) is 5.77. The number of aliphatic hydroxyl groups excluding tert-OH is 1. The van der Waals surface area contributed by atoms with Crippen LogP contribution in [0.1, 0.15) is 49.9 Å². The smallest absolute Gasteiger partial charge is 0.325 e.